The van der Waals surface area contributed by atoms with Gasteiger partial charge in [-0.2, -0.15) is 0 Å². The molecule has 0 unspecified atom stereocenters. The van der Waals surface area contributed by atoms with Gasteiger partial charge in [0.1, 0.15) is 0 Å². The number of pyridine rings is 1. The van der Waals surface area contributed by atoms with Crippen molar-refractivity contribution in [1.29, 1.82) is 0 Å². The monoisotopic (exact) mass is 661 g/mol. The van der Waals surface area contributed by atoms with Crippen LogP contribution in [-0.2, 0) is 37.2 Å². The van der Waals surface area contributed by atoms with Crippen molar-refractivity contribution < 1.29 is 71.8 Å². The summed E-state index contributed by atoms with van der Waals surface area (Å²) >= 11 is 8.95. The van der Waals surface area contributed by atoms with E-state index in [9.17, 15) is 5.11 Å². The number of aromatic nitrogens is 1. The predicted molar refractivity (Wildman–Crippen MR) is 54.3 cm³/mol. The van der Waals surface area contributed by atoms with Crippen LogP contribution in [0.4, 0.5) is 0 Å². The molecule has 0 aliphatic carbocycles. The van der Waals surface area contributed by atoms with Crippen LogP contribution in [0.25, 0.3) is 10.9 Å². The Morgan fingerprint density at radius 2 is 2.19 bits per heavy atom. The SMILES string of the molecule is Cc1nc2c(O)[c]([W])[c]([V])[c]([U])c2cc1S. The molecule has 1 aromatic carbocycles. The fraction of sp³-hybridized carbons (Fsp3) is 0.100. The van der Waals surface area contributed by atoms with E-state index in [0.29, 0.717) is 35.2 Å². The van der Waals surface area contributed by atoms with Gasteiger partial charge in [0.2, 0.25) is 0 Å². The molecule has 0 saturated carbocycles. The average Bonchev–Trinajstić information content (AvgIpc) is 2.26. The molecule has 0 aliphatic heterocycles. The van der Waals surface area contributed by atoms with E-state index in [1.165, 1.54) is 22.4 Å². The summed E-state index contributed by atoms with van der Waals surface area (Å²) in [5, 5.41) is 11.2. The number of nitrogens with zero attached hydrogens (tertiary/aromatic N) is 1. The van der Waals surface area contributed by atoms with Gasteiger partial charge in [-0.1, -0.05) is 0 Å². The fourth-order valence-electron chi connectivity index (χ4n) is 1.43. The van der Waals surface area contributed by atoms with Crippen LogP contribution in [0.5, 0.6) is 5.75 Å². The van der Waals surface area contributed by atoms with E-state index in [1.54, 1.807) is 0 Å². The van der Waals surface area contributed by atoms with Gasteiger partial charge < -0.3 is 0 Å². The van der Waals surface area contributed by atoms with Crippen LogP contribution in [0.15, 0.2) is 11.0 Å². The molecule has 0 bridgehead atoms. The fourth-order valence-corrected chi connectivity index (χ4v) is 5.47. The first-order chi connectivity index (χ1) is 7.43. The first-order valence-electron chi connectivity index (χ1n) is 4.40. The second-order valence-electron chi connectivity index (χ2n) is 3.39. The van der Waals surface area contributed by atoms with E-state index in [1.807, 2.05) is 13.0 Å². The summed E-state index contributed by atoms with van der Waals surface area (Å²) < 4.78 is 3.49. The zero-order valence-electron chi connectivity index (χ0n) is 8.27. The molecule has 0 radical (unpaired) electrons. The molecule has 0 atom stereocenters. The van der Waals surface area contributed by atoms with E-state index < -0.39 is 0 Å². The van der Waals surface area contributed by atoms with Crippen LogP contribution >= 0.6 is 12.6 Å². The molecule has 1 N–H and O–H groups in total. The van der Waals surface area contributed by atoms with Gasteiger partial charge >= 0.3 is 140 Å². The Morgan fingerprint density at radius 3 is 2.81 bits per heavy atom. The molecule has 0 saturated heterocycles. The molecule has 2 rings (SSSR count). The molecule has 16 heavy (non-hydrogen) atoms. The third kappa shape index (κ3) is 2.18. The van der Waals surface area contributed by atoms with Crippen LogP contribution in [0, 0.1) is 36.3 Å². The number of rotatable bonds is 0. The summed E-state index contributed by atoms with van der Waals surface area (Å²) in [6.07, 6.45) is 0. The van der Waals surface area contributed by atoms with Crippen molar-refractivity contribution in [3.05, 3.63) is 11.8 Å². The number of phenolic OH excluding ortho intramolecular Hbond substituents is 1. The maximum absolute atomic E-state index is 10.1. The van der Waals surface area contributed by atoms with Gasteiger partial charge in [0.15, 0.2) is 0 Å². The van der Waals surface area contributed by atoms with Crippen LogP contribution in [0.1, 0.15) is 5.69 Å². The first-order valence-corrected chi connectivity index (χ1v) is 9.09. The summed E-state index contributed by atoms with van der Waals surface area (Å²) in [5.74, 6) is 0.335. The number of aryl methyl sites for hydroxylation is 1. The van der Waals surface area contributed by atoms with Crippen molar-refractivity contribution in [1.82, 2.24) is 4.98 Å². The first kappa shape index (κ1) is 13.5. The minimum absolute atomic E-state index is 0.335. The van der Waals surface area contributed by atoms with Crippen molar-refractivity contribution >= 4 is 34.4 Å². The molecule has 0 fully saturated rings. The summed E-state index contributed by atoms with van der Waals surface area (Å²) in [4.78, 5) is 5.33. The Labute approximate surface area is 138 Å². The third-order valence-electron chi connectivity index (χ3n) is 2.35. The second kappa shape index (κ2) is 5.00. The van der Waals surface area contributed by atoms with Gasteiger partial charge in [0.05, 0.1) is 0 Å². The molecular weight excluding hydrogens is 655 g/mol. The second-order valence-corrected chi connectivity index (χ2v) is 8.12. The van der Waals surface area contributed by atoms with E-state index in [2.05, 4.69) is 35.0 Å². The number of fused-ring (bicyclic) bond motifs is 1. The van der Waals surface area contributed by atoms with Crippen LogP contribution < -0.4 is 10.8 Å². The summed E-state index contributed by atoms with van der Waals surface area (Å²) in [6, 6.07) is 2.02. The zero-order chi connectivity index (χ0) is 12.0. The number of hydrogen-bond donors (Lipinski definition) is 2. The van der Waals surface area contributed by atoms with Gasteiger partial charge in [0, 0.05) is 0 Å². The van der Waals surface area contributed by atoms with Crippen LogP contribution in [0.2, 0.25) is 0 Å². The number of hydrogen-bond acceptors (Lipinski definition) is 3. The predicted octanol–water partition coefficient (Wildman–Crippen LogP) is 0.0563. The molecule has 78 valence electrons. The molecular formula is C10H6NOSUVW. The summed E-state index contributed by atoms with van der Waals surface area (Å²) in [7, 11) is 0. The van der Waals surface area contributed by atoms with E-state index >= 15 is 0 Å². The van der Waals surface area contributed by atoms with Crippen molar-refractivity contribution in [2.24, 2.45) is 0 Å². The molecule has 0 amide bonds. The molecule has 0 spiro atoms. The Hall–Kier alpha value is 1.10. The normalized spacial score (nSPS) is 11.0. The zero-order valence-corrected chi connectivity index (χ0v) is 17.7. The average molecular weight is 661 g/mol. The van der Waals surface area contributed by atoms with Crippen molar-refractivity contribution in [3.63, 3.8) is 0 Å². The molecule has 2 aromatic rings. The van der Waals surface area contributed by atoms with Crippen LogP contribution in [0.3, 0.4) is 0 Å². The van der Waals surface area contributed by atoms with E-state index in [0.717, 1.165) is 29.7 Å². The van der Waals surface area contributed by atoms with Crippen LogP contribution in [-0.4, -0.2) is 10.1 Å². The Bertz CT molecular complexity index is 553. The molecule has 1 aromatic heterocycles. The standard InChI is InChI=1S/C10H6NOS.U.V.W/c1-6-9(13)5-7-3-2-4-8(12)10(7)11-6;;;/h5,12-13H,1H3;;;. The third-order valence-corrected chi connectivity index (χ3v) is 9.44. The Balaban J connectivity index is 3.02. The summed E-state index contributed by atoms with van der Waals surface area (Å²) in [6.45, 7) is 1.91. The Morgan fingerprint density at radius 1 is 1.56 bits per heavy atom. The van der Waals surface area contributed by atoms with E-state index in [-0.39, 0.29) is 0 Å². The quantitative estimate of drug-likeness (QED) is 0.392. The van der Waals surface area contributed by atoms with Gasteiger partial charge in [-0.3, -0.25) is 0 Å². The van der Waals surface area contributed by atoms with E-state index in [4.69, 9.17) is 0 Å². The Kier molecular flexibility index (Phi) is 4.23. The van der Waals surface area contributed by atoms with Gasteiger partial charge in [-0.05, 0) is 0 Å². The van der Waals surface area contributed by atoms with Gasteiger partial charge in [-0.25, -0.2) is 0 Å². The topological polar surface area (TPSA) is 33.1 Å². The number of phenols is 1. The summed E-state index contributed by atoms with van der Waals surface area (Å²) in [5.41, 5.74) is 1.59. The van der Waals surface area contributed by atoms with Gasteiger partial charge in [0.25, 0.3) is 0 Å². The molecule has 0 aliphatic rings. The minimum atomic E-state index is 0.335. The van der Waals surface area contributed by atoms with Gasteiger partial charge in [-0.15, -0.1) is 0 Å². The number of benzene rings is 1. The maximum atomic E-state index is 10.1. The van der Waals surface area contributed by atoms with Crippen molar-refractivity contribution in [2.75, 3.05) is 0 Å². The van der Waals surface area contributed by atoms with Crippen molar-refractivity contribution in [2.45, 2.75) is 11.8 Å². The van der Waals surface area contributed by atoms with Crippen molar-refractivity contribution in [3.8, 4) is 5.75 Å². The molecule has 6 heteroatoms. The number of thiol groups is 1. The number of aromatic hydroxyl groups is 1. The molecule has 2 nitrogen and oxygen atoms in total. The molecule has 1 heterocycles.